The largest absolute Gasteiger partial charge is 0.495 e. The molecule has 8 heteroatoms. The van der Waals surface area contributed by atoms with E-state index in [1.54, 1.807) is 18.2 Å². The maximum absolute atomic E-state index is 12.7. The lowest BCUT2D eigenvalue weighted by Crippen LogP contribution is -2.14. The van der Waals surface area contributed by atoms with Crippen LogP contribution in [0, 0.1) is 11.3 Å². The number of nitrogens with zero attached hydrogens (tertiary/aromatic N) is 1. The molecular formula is C25H20Cl2N2O4. The van der Waals surface area contributed by atoms with Gasteiger partial charge in [-0.3, -0.25) is 4.79 Å². The molecule has 0 saturated heterocycles. The zero-order valence-electron chi connectivity index (χ0n) is 17.9. The molecule has 3 aromatic carbocycles. The minimum Gasteiger partial charge on any atom is -0.495 e. The maximum atomic E-state index is 12.7. The molecule has 0 unspecified atom stereocenters. The van der Waals surface area contributed by atoms with Crippen LogP contribution in [0.2, 0.25) is 10.0 Å². The molecule has 0 atom stereocenters. The van der Waals surface area contributed by atoms with E-state index in [1.165, 1.54) is 32.4 Å². The molecule has 0 aliphatic carbocycles. The highest BCUT2D eigenvalue weighted by Gasteiger charge is 2.16. The Kier molecular flexibility index (Phi) is 8.20. The van der Waals surface area contributed by atoms with Crippen molar-refractivity contribution in [2.45, 2.75) is 6.61 Å². The number of methoxy groups -OCH3 is 2. The number of carbonyl (C=O) groups excluding carboxylic acids is 1. The molecular weight excluding hydrogens is 463 g/mol. The molecule has 0 aliphatic rings. The standard InChI is InChI=1S/C25H20Cl2N2O4/c1-31-23-13-21(24(32-2)12-20(23)27)29-25(30)18(14-28)10-17-8-9-22(19(26)11-17)33-15-16-6-4-3-5-7-16/h3-13H,15H2,1-2H3,(H,29,30)/b18-10+. The number of nitriles is 1. The van der Waals surface area contributed by atoms with Gasteiger partial charge >= 0.3 is 0 Å². The Bertz CT molecular complexity index is 1220. The Balaban J connectivity index is 1.77. The molecule has 1 N–H and O–H groups in total. The summed E-state index contributed by atoms with van der Waals surface area (Å²) in [4.78, 5) is 12.7. The van der Waals surface area contributed by atoms with Gasteiger partial charge in [-0.1, -0.05) is 59.6 Å². The fourth-order valence-electron chi connectivity index (χ4n) is 2.92. The van der Waals surface area contributed by atoms with E-state index in [0.29, 0.717) is 45.2 Å². The minimum absolute atomic E-state index is 0.125. The fourth-order valence-corrected chi connectivity index (χ4v) is 3.40. The molecule has 3 rings (SSSR count). The van der Waals surface area contributed by atoms with Crippen molar-refractivity contribution in [3.63, 3.8) is 0 Å². The van der Waals surface area contributed by atoms with E-state index in [2.05, 4.69) is 5.32 Å². The van der Waals surface area contributed by atoms with Gasteiger partial charge in [0.25, 0.3) is 5.91 Å². The van der Waals surface area contributed by atoms with Gasteiger partial charge in [0.2, 0.25) is 0 Å². The highest BCUT2D eigenvalue weighted by atomic mass is 35.5. The summed E-state index contributed by atoms with van der Waals surface area (Å²) in [6.45, 7) is 0.369. The van der Waals surface area contributed by atoms with E-state index in [4.69, 9.17) is 37.4 Å². The number of rotatable bonds is 8. The number of carbonyl (C=O) groups is 1. The molecule has 1 amide bonds. The number of ether oxygens (including phenoxy) is 3. The Morgan fingerprint density at radius 2 is 1.67 bits per heavy atom. The van der Waals surface area contributed by atoms with E-state index in [9.17, 15) is 10.1 Å². The second-order valence-electron chi connectivity index (χ2n) is 6.78. The van der Waals surface area contributed by atoms with Gasteiger partial charge in [-0.25, -0.2) is 0 Å². The molecule has 33 heavy (non-hydrogen) atoms. The molecule has 0 spiro atoms. The van der Waals surface area contributed by atoms with Crippen LogP contribution < -0.4 is 19.5 Å². The van der Waals surface area contributed by atoms with Gasteiger partial charge in [-0.2, -0.15) is 5.26 Å². The monoisotopic (exact) mass is 482 g/mol. The van der Waals surface area contributed by atoms with Crippen LogP contribution in [0.5, 0.6) is 17.2 Å². The number of anilines is 1. The molecule has 0 heterocycles. The summed E-state index contributed by atoms with van der Waals surface area (Å²) in [5, 5.41) is 12.9. The molecule has 6 nitrogen and oxygen atoms in total. The number of nitrogens with one attached hydrogen (secondary N) is 1. The minimum atomic E-state index is -0.624. The molecule has 0 bridgehead atoms. The predicted octanol–water partition coefficient (Wildman–Crippen LogP) is 6.14. The Labute approximate surface area is 201 Å². The summed E-state index contributed by atoms with van der Waals surface area (Å²) in [7, 11) is 2.90. The molecule has 0 aromatic heterocycles. The zero-order valence-corrected chi connectivity index (χ0v) is 19.4. The van der Waals surface area contributed by atoms with Crippen molar-refractivity contribution in [1.29, 1.82) is 5.26 Å². The molecule has 0 saturated carbocycles. The average molecular weight is 483 g/mol. The summed E-state index contributed by atoms with van der Waals surface area (Å²) < 4.78 is 16.2. The molecule has 3 aromatic rings. The first-order valence-electron chi connectivity index (χ1n) is 9.76. The molecule has 0 fully saturated rings. The summed E-state index contributed by atoms with van der Waals surface area (Å²) in [6, 6.07) is 19.7. The van der Waals surface area contributed by atoms with Crippen molar-refractivity contribution in [2.24, 2.45) is 0 Å². The van der Waals surface area contributed by atoms with Crippen molar-refractivity contribution in [2.75, 3.05) is 19.5 Å². The molecule has 0 aliphatic heterocycles. The van der Waals surface area contributed by atoms with Gasteiger partial charge < -0.3 is 19.5 Å². The van der Waals surface area contributed by atoms with Crippen molar-refractivity contribution in [3.05, 3.63) is 87.4 Å². The van der Waals surface area contributed by atoms with E-state index in [0.717, 1.165) is 5.56 Å². The Hall–Kier alpha value is -3.66. The van der Waals surface area contributed by atoms with Crippen molar-refractivity contribution in [1.82, 2.24) is 0 Å². The number of halogens is 2. The highest BCUT2D eigenvalue weighted by molar-refractivity contribution is 6.32. The van der Waals surface area contributed by atoms with Crippen LogP contribution >= 0.6 is 23.2 Å². The number of hydrogen-bond acceptors (Lipinski definition) is 5. The van der Waals surface area contributed by atoms with Gasteiger partial charge in [0, 0.05) is 12.1 Å². The lowest BCUT2D eigenvalue weighted by Gasteiger charge is -2.13. The Morgan fingerprint density at radius 1 is 0.970 bits per heavy atom. The van der Waals surface area contributed by atoms with Crippen LogP contribution in [-0.2, 0) is 11.4 Å². The fraction of sp³-hybridized carbons (Fsp3) is 0.120. The van der Waals surface area contributed by atoms with Gasteiger partial charge in [0.15, 0.2) is 0 Å². The first kappa shape index (κ1) is 24.0. The van der Waals surface area contributed by atoms with Crippen LogP contribution in [0.25, 0.3) is 6.08 Å². The molecule has 168 valence electrons. The van der Waals surface area contributed by atoms with Crippen molar-refractivity contribution in [3.8, 4) is 23.3 Å². The summed E-state index contributed by atoms with van der Waals surface area (Å²) in [6.07, 6.45) is 1.43. The van der Waals surface area contributed by atoms with Gasteiger partial charge in [0.05, 0.1) is 30.0 Å². The van der Waals surface area contributed by atoms with Gasteiger partial charge in [-0.05, 0) is 29.3 Å². The van der Waals surface area contributed by atoms with Gasteiger partial charge in [0.1, 0.15) is 35.5 Å². The number of hydrogen-bond donors (Lipinski definition) is 1. The lowest BCUT2D eigenvalue weighted by atomic mass is 10.1. The third-order valence-corrected chi connectivity index (χ3v) is 5.18. The van der Waals surface area contributed by atoms with E-state index in [1.807, 2.05) is 36.4 Å². The summed E-state index contributed by atoms with van der Waals surface area (Å²) >= 11 is 12.4. The maximum Gasteiger partial charge on any atom is 0.266 e. The van der Waals surface area contributed by atoms with Crippen LogP contribution in [-0.4, -0.2) is 20.1 Å². The van der Waals surface area contributed by atoms with Crippen molar-refractivity contribution < 1.29 is 19.0 Å². The zero-order chi connectivity index (χ0) is 23.8. The third kappa shape index (κ3) is 6.19. The lowest BCUT2D eigenvalue weighted by molar-refractivity contribution is -0.112. The number of benzene rings is 3. The highest BCUT2D eigenvalue weighted by Crippen LogP contribution is 2.36. The second-order valence-corrected chi connectivity index (χ2v) is 7.59. The smallest absolute Gasteiger partial charge is 0.266 e. The molecule has 0 radical (unpaired) electrons. The predicted molar refractivity (Wildman–Crippen MR) is 129 cm³/mol. The number of amides is 1. The summed E-state index contributed by atoms with van der Waals surface area (Å²) in [5.74, 6) is 0.557. The van der Waals surface area contributed by atoms with Crippen LogP contribution in [0.4, 0.5) is 5.69 Å². The van der Waals surface area contributed by atoms with E-state index in [-0.39, 0.29) is 5.57 Å². The normalized spacial score (nSPS) is 10.8. The second kappa shape index (κ2) is 11.3. The quantitative estimate of drug-likeness (QED) is 0.308. The SMILES string of the molecule is COc1cc(NC(=O)/C(C#N)=C/c2ccc(OCc3ccccc3)c(Cl)c2)c(OC)cc1Cl. The van der Waals surface area contributed by atoms with Crippen molar-refractivity contribution >= 4 is 40.9 Å². The van der Waals surface area contributed by atoms with Crippen LogP contribution in [0.3, 0.4) is 0 Å². The summed E-state index contributed by atoms with van der Waals surface area (Å²) in [5.41, 5.74) is 1.77. The van der Waals surface area contributed by atoms with Gasteiger partial charge in [-0.15, -0.1) is 0 Å². The van der Waals surface area contributed by atoms with Crippen LogP contribution in [0.1, 0.15) is 11.1 Å². The third-order valence-electron chi connectivity index (χ3n) is 4.59. The van der Waals surface area contributed by atoms with E-state index >= 15 is 0 Å². The van der Waals surface area contributed by atoms with Crippen LogP contribution in [0.15, 0.2) is 66.2 Å². The Morgan fingerprint density at radius 3 is 2.30 bits per heavy atom. The first-order valence-corrected chi connectivity index (χ1v) is 10.5. The average Bonchev–Trinajstić information content (AvgIpc) is 2.83. The first-order chi connectivity index (χ1) is 15.9. The topological polar surface area (TPSA) is 80.6 Å². The van der Waals surface area contributed by atoms with E-state index < -0.39 is 5.91 Å².